The normalized spacial score (nSPS) is 12.3. The van der Waals surface area contributed by atoms with Crippen LogP contribution in [-0.4, -0.2) is 37.9 Å². The molecule has 0 aromatic heterocycles. The minimum Gasteiger partial charge on any atom is -0.466 e. The molecule has 1 aromatic rings. The van der Waals surface area contributed by atoms with E-state index in [4.69, 9.17) is 4.74 Å². The van der Waals surface area contributed by atoms with Crippen LogP contribution in [0.4, 0.5) is 18.9 Å². The average Bonchev–Trinajstić information content (AvgIpc) is 2.73. The van der Waals surface area contributed by atoms with Crippen LogP contribution in [0.3, 0.4) is 0 Å². The van der Waals surface area contributed by atoms with Crippen LogP contribution in [0.1, 0.15) is 81.5 Å². The van der Waals surface area contributed by atoms with Crippen LogP contribution in [0.5, 0.6) is 0 Å². The fraction of sp³-hybridized carbons (Fsp3) is 0.652. The van der Waals surface area contributed by atoms with Crippen molar-refractivity contribution in [1.82, 2.24) is 0 Å². The third-order valence-corrected chi connectivity index (χ3v) is 4.90. The van der Waals surface area contributed by atoms with Gasteiger partial charge >= 0.3 is 18.1 Å². The zero-order valence-electron chi connectivity index (χ0n) is 18.4. The van der Waals surface area contributed by atoms with Crippen LogP contribution in [0.15, 0.2) is 24.3 Å². The fourth-order valence-electron chi connectivity index (χ4n) is 3.09. The van der Waals surface area contributed by atoms with Crippen molar-refractivity contribution in [2.45, 2.75) is 83.4 Å². The van der Waals surface area contributed by atoms with Gasteiger partial charge in [-0.1, -0.05) is 44.9 Å². The maximum Gasteiger partial charge on any atom is 0.389 e. The monoisotopic (exact) mass is 445 g/mol. The van der Waals surface area contributed by atoms with Gasteiger partial charge in [0.25, 0.3) is 0 Å². The first-order chi connectivity index (χ1) is 14.7. The van der Waals surface area contributed by atoms with Crippen LogP contribution in [0.2, 0.25) is 0 Å². The van der Waals surface area contributed by atoms with Gasteiger partial charge in [-0.05, 0) is 44.0 Å². The average molecular weight is 446 g/mol. The van der Waals surface area contributed by atoms with E-state index >= 15 is 0 Å². The first-order valence-electron chi connectivity index (χ1n) is 10.9. The van der Waals surface area contributed by atoms with Gasteiger partial charge < -0.3 is 14.8 Å². The molecule has 31 heavy (non-hydrogen) atoms. The second-order valence-electron chi connectivity index (χ2n) is 7.62. The Morgan fingerprint density at radius 1 is 0.903 bits per heavy atom. The first kappa shape index (κ1) is 26.8. The van der Waals surface area contributed by atoms with Crippen LogP contribution < -0.4 is 5.32 Å². The van der Waals surface area contributed by atoms with E-state index < -0.39 is 30.6 Å². The molecule has 0 fully saturated rings. The Morgan fingerprint density at radius 2 is 1.42 bits per heavy atom. The lowest BCUT2D eigenvalue weighted by Crippen LogP contribution is -2.25. The molecule has 0 bridgehead atoms. The lowest BCUT2D eigenvalue weighted by molar-refractivity contribution is -0.149. The van der Waals surface area contributed by atoms with E-state index in [1.165, 1.54) is 14.0 Å². The number of hydrogen-bond acceptors (Lipinski definition) is 5. The standard InChI is InChI=1S/C23H34F3NO4/c1-18(21(28)30-2)31-22(29)19-12-14-20(15-13-19)27-17-11-9-7-5-3-4-6-8-10-16-23(24,25)26/h12-15,18,27H,3-11,16-17H2,1-2H3. The maximum absolute atomic E-state index is 12.0. The number of halogens is 3. The molecule has 0 aliphatic rings. The van der Waals surface area contributed by atoms with Gasteiger partial charge in [0.05, 0.1) is 12.7 Å². The van der Waals surface area contributed by atoms with Crippen molar-refractivity contribution < 1.29 is 32.2 Å². The maximum atomic E-state index is 12.0. The third kappa shape index (κ3) is 12.9. The molecular formula is C23H34F3NO4. The lowest BCUT2D eigenvalue weighted by atomic mass is 10.1. The summed E-state index contributed by atoms with van der Waals surface area (Å²) >= 11 is 0. The van der Waals surface area contributed by atoms with E-state index in [9.17, 15) is 22.8 Å². The number of hydrogen-bond donors (Lipinski definition) is 1. The van der Waals surface area contributed by atoms with Crippen LogP contribution >= 0.6 is 0 Å². The van der Waals surface area contributed by atoms with Crippen LogP contribution in [0.25, 0.3) is 0 Å². The number of carbonyl (C=O) groups excluding carboxylic acids is 2. The summed E-state index contributed by atoms with van der Waals surface area (Å²) in [7, 11) is 1.24. The number of rotatable bonds is 15. The van der Waals surface area contributed by atoms with Crippen molar-refractivity contribution in [2.75, 3.05) is 19.0 Å². The Balaban J connectivity index is 2.06. The molecule has 0 spiro atoms. The summed E-state index contributed by atoms with van der Waals surface area (Å²) in [4.78, 5) is 23.3. The highest BCUT2D eigenvalue weighted by Gasteiger charge is 2.25. The fourth-order valence-corrected chi connectivity index (χ4v) is 3.09. The Bertz CT molecular complexity index is 647. The van der Waals surface area contributed by atoms with Gasteiger partial charge in [0, 0.05) is 18.7 Å². The zero-order valence-corrected chi connectivity index (χ0v) is 18.4. The van der Waals surface area contributed by atoms with Gasteiger partial charge in [0.15, 0.2) is 6.10 Å². The molecule has 1 unspecified atom stereocenters. The van der Waals surface area contributed by atoms with Crippen molar-refractivity contribution in [3.8, 4) is 0 Å². The van der Waals surface area contributed by atoms with Crippen molar-refractivity contribution in [3.05, 3.63) is 29.8 Å². The summed E-state index contributed by atoms with van der Waals surface area (Å²) in [6.07, 6.45) is 2.56. The number of anilines is 1. The Labute approximate surface area is 182 Å². The van der Waals surface area contributed by atoms with Crippen molar-refractivity contribution in [2.24, 2.45) is 0 Å². The first-order valence-corrected chi connectivity index (χ1v) is 10.9. The number of unbranched alkanes of at least 4 members (excludes halogenated alkanes) is 8. The molecule has 5 nitrogen and oxygen atoms in total. The molecule has 176 valence electrons. The number of benzene rings is 1. The molecule has 0 radical (unpaired) electrons. The molecule has 0 aliphatic heterocycles. The van der Waals surface area contributed by atoms with E-state index in [0.29, 0.717) is 12.0 Å². The van der Waals surface area contributed by atoms with Gasteiger partial charge in [0.1, 0.15) is 0 Å². The Hall–Kier alpha value is -2.25. The molecule has 1 rings (SSSR count). The molecule has 1 N–H and O–H groups in total. The second kappa shape index (κ2) is 14.7. The molecule has 0 amide bonds. The zero-order chi connectivity index (χ0) is 23.1. The Kier molecular flexibility index (Phi) is 12.7. The summed E-state index contributed by atoms with van der Waals surface area (Å²) in [6, 6.07) is 6.86. The highest BCUT2D eigenvalue weighted by atomic mass is 19.4. The van der Waals surface area contributed by atoms with Crippen molar-refractivity contribution in [3.63, 3.8) is 0 Å². The van der Waals surface area contributed by atoms with Gasteiger partial charge in [-0.3, -0.25) is 0 Å². The minimum atomic E-state index is -4.02. The number of esters is 2. The van der Waals surface area contributed by atoms with Gasteiger partial charge in [-0.15, -0.1) is 0 Å². The minimum absolute atomic E-state index is 0.240. The van der Waals surface area contributed by atoms with Crippen molar-refractivity contribution in [1.29, 1.82) is 0 Å². The van der Waals surface area contributed by atoms with Crippen LogP contribution in [-0.2, 0) is 14.3 Å². The highest BCUT2D eigenvalue weighted by Crippen LogP contribution is 2.23. The van der Waals surface area contributed by atoms with Gasteiger partial charge in [-0.2, -0.15) is 13.2 Å². The molecule has 0 saturated carbocycles. The lowest BCUT2D eigenvalue weighted by Gasteiger charge is -2.11. The largest absolute Gasteiger partial charge is 0.466 e. The molecular weight excluding hydrogens is 411 g/mol. The third-order valence-electron chi connectivity index (χ3n) is 4.90. The molecule has 1 atom stereocenters. The van der Waals surface area contributed by atoms with Crippen molar-refractivity contribution >= 4 is 17.6 Å². The predicted octanol–water partition coefficient (Wildman–Crippen LogP) is 6.28. The number of alkyl halides is 3. The summed E-state index contributed by atoms with van der Waals surface area (Å²) in [5.74, 6) is -1.18. The van der Waals surface area contributed by atoms with E-state index in [0.717, 1.165) is 57.2 Å². The summed E-state index contributed by atoms with van der Waals surface area (Å²) in [6.45, 7) is 2.28. The topological polar surface area (TPSA) is 64.6 Å². The molecule has 8 heteroatoms. The van der Waals surface area contributed by atoms with Crippen LogP contribution in [0, 0.1) is 0 Å². The summed E-state index contributed by atoms with van der Waals surface area (Å²) in [5, 5.41) is 3.30. The molecule has 1 aromatic carbocycles. The van der Waals surface area contributed by atoms with E-state index in [-0.39, 0.29) is 6.42 Å². The predicted molar refractivity (Wildman–Crippen MR) is 114 cm³/mol. The number of nitrogens with one attached hydrogen (secondary N) is 1. The molecule has 0 saturated heterocycles. The second-order valence-corrected chi connectivity index (χ2v) is 7.62. The molecule has 0 aliphatic carbocycles. The van der Waals surface area contributed by atoms with E-state index in [2.05, 4.69) is 10.1 Å². The number of carbonyl (C=O) groups is 2. The molecule has 0 heterocycles. The van der Waals surface area contributed by atoms with Gasteiger partial charge in [-0.25, -0.2) is 9.59 Å². The summed E-state index contributed by atoms with van der Waals surface area (Å²) in [5.41, 5.74) is 1.26. The van der Waals surface area contributed by atoms with E-state index in [1.807, 2.05) is 0 Å². The SMILES string of the molecule is COC(=O)C(C)OC(=O)c1ccc(NCCCCCCCCCCCC(F)(F)F)cc1. The van der Waals surface area contributed by atoms with Gasteiger partial charge in [0.2, 0.25) is 0 Å². The smallest absolute Gasteiger partial charge is 0.389 e. The summed E-state index contributed by atoms with van der Waals surface area (Å²) < 4.78 is 45.6. The highest BCUT2D eigenvalue weighted by molar-refractivity contribution is 5.91. The quantitative estimate of drug-likeness (QED) is 0.254. The Morgan fingerprint density at radius 3 is 1.94 bits per heavy atom. The van der Waals surface area contributed by atoms with E-state index in [1.54, 1.807) is 24.3 Å². The number of methoxy groups -OCH3 is 1. The number of ether oxygens (including phenoxy) is 2.